The van der Waals surface area contributed by atoms with Crippen LogP contribution in [-0.4, -0.2) is 25.1 Å². The minimum Gasteiger partial charge on any atom is -0.495 e. The fourth-order valence-electron chi connectivity index (χ4n) is 1.85. The Kier molecular flexibility index (Phi) is 5.60. The number of nitrogens with one attached hydrogen (secondary N) is 1. The summed E-state index contributed by atoms with van der Waals surface area (Å²) in [6.45, 7) is 1.50. The number of hydrogen-bond donors (Lipinski definition) is 1. The molecule has 1 N–H and O–H groups in total. The Morgan fingerprint density at radius 3 is 2.39 bits per heavy atom. The van der Waals surface area contributed by atoms with E-state index in [9.17, 15) is 9.59 Å². The molecule has 6 heteroatoms. The third-order valence-corrected chi connectivity index (χ3v) is 3.35. The monoisotopic (exact) mass is 333 g/mol. The molecule has 0 unspecified atom stereocenters. The maximum absolute atomic E-state index is 12.1. The van der Waals surface area contributed by atoms with E-state index < -0.39 is 18.0 Å². The summed E-state index contributed by atoms with van der Waals surface area (Å²) in [7, 11) is 1.51. The van der Waals surface area contributed by atoms with E-state index in [1.807, 2.05) is 0 Å². The van der Waals surface area contributed by atoms with E-state index in [0.29, 0.717) is 22.0 Å². The fraction of sp³-hybridized carbons (Fsp3) is 0.176. The van der Waals surface area contributed by atoms with Crippen molar-refractivity contribution in [3.63, 3.8) is 0 Å². The van der Waals surface area contributed by atoms with Gasteiger partial charge in [-0.25, -0.2) is 4.79 Å². The van der Waals surface area contributed by atoms with Gasteiger partial charge in [0.2, 0.25) is 0 Å². The molecule has 0 spiro atoms. The zero-order valence-electron chi connectivity index (χ0n) is 12.7. The molecule has 23 heavy (non-hydrogen) atoms. The highest BCUT2D eigenvalue weighted by Crippen LogP contribution is 2.23. The fourth-order valence-corrected chi connectivity index (χ4v) is 1.98. The summed E-state index contributed by atoms with van der Waals surface area (Å²) < 4.78 is 10.3. The van der Waals surface area contributed by atoms with Crippen molar-refractivity contribution in [3.05, 3.63) is 59.1 Å². The molecule has 5 nitrogen and oxygen atoms in total. The van der Waals surface area contributed by atoms with E-state index in [0.717, 1.165) is 0 Å². The van der Waals surface area contributed by atoms with Gasteiger partial charge in [-0.1, -0.05) is 23.7 Å². The van der Waals surface area contributed by atoms with Gasteiger partial charge in [0.15, 0.2) is 6.10 Å². The Balaban J connectivity index is 1.99. The number of hydrogen-bond acceptors (Lipinski definition) is 4. The molecule has 0 fully saturated rings. The smallest absolute Gasteiger partial charge is 0.338 e. The molecule has 2 aromatic rings. The van der Waals surface area contributed by atoms with Crippen LogP contribution in [0.4, 0.5) is 5.69 Å². The summed E-state index contributed by atoms with van der Waals surface area (Å²) in [5, 5.41) is 3.18. The van der Waals surface area contributed by atoms with Crippen molar-refractivity contribution in [2.75, 3.05) is 12.4 Å². The van der Waals surface area contributed by atoms with Gasteiger partial charge in [-0.15, -0.1) is 0 Å². The van der Waals surface area contributed by atoms with Crippen LogP contribution in [0.2, 0.25) is 5.02 Å². The van der Waals surface area contributed by atoms with Crippen molar-refractivity contribution in [2.24, 2.45) is 0 Å². The first kappa shape index (κ1) is 16.8. The summed E-state index contributed by atoms with van der Waals surface area (Å²) in [5.74, 6) is -0.516. The number of methoxy groups -OCH3 is 1. The minimum absolute atomic E-state index is 0.325. The van der Waals surface area contributed by atoms with Gasteiger partial charge in [0.05, 0.1) is 18.4 Å². The number of carbonyl (C=O) groups excluding carboxylic acids is 2. The topological polar surface area (TPSA) is 64.6 Å². The van der Waals surface area contributed by atoms with Gasteiger partial charge in [0, 0.05) is 5.02 Å². The second kappa shape index (κ2) is 7.65. The quantitative estimate of drug-likeness (QED) is 0.850. The molecule has 2 aromatic carbocycles. The van der Waals surface area contributed by atoms with Gasteiger partial charge in [-0.05, 0) is 43.3 Å². The first-order valence-corrected chi connectivity index (χ1v) is 7.29. The van der Waals surface area contributed by atoms with Gasteiger partial charge in [0.25, 0.3) is 5.91 Å². The highest BCUT2D eigenvalue weighted by Gasteiger charge is 2.20. The van der Waals surface area contributed by atoms with Crippen molar-refractivity contribution in [3.8, 4) is 5.75 Å². The molecule has 1 atom stereocenters. The van der Waals surface area contributed by atoms with Gasteiger partial charge < -0.3 is 14.8 Å². The molecule has 0 radical (unpaired) electrons. The summed E-state index contributed by atoms with van der Waals surface area (Å²) >= 11 is 5.76. The van der Waals surface area contributed by atoms with Gasteiger partial charge in [-0.3, -0.25) is 4.79 Å². The van der Waals surface area contributed by atoms with Gasteiger partial charge in [0.1, 0.15) is 5.75 Å². The van der Waals surface area contributed by atoms with E-state index in [-0.39, 0.29) is 0 Å². The molecule has 120 valence electrons. The van der Waals surface area contributed by atoms with E-state index in [4.69, 9.17) is 21.1 Å². The molecule has 2 rings (SSSR count). The molecule has 0 aliphatic carbocycles. The van der Waals surface area contributed by atoms with Crippen LogP contribution < -0.4 is 10.1 Å². The maximum Gasteiger partial charge on any atom is 0.338 e. The van der Waals surface area contributed by atoms with Crippen LogP contribution in [0.1, 0.15) is 17.3 Å². The first-order chi connectivity index (χ1) is 11.0. The van der Waals surface area contributed by atoms with Crippen molar-refractivity contribution < 1.29 is 19.1 Å². The number of rotatable bonds is 5. The number of halogens is 1. The number of esters is 1. The molecule has 0 heterocycles. The number of ether oxygens (including phenoxy) is 2. The van der Waals surface area contributed by atoms with Crippen molar-refractivity contribution in [1.29, 1.82) is 0 Å². The van der Waals surface area contributed by atoms with Crippen LogP contribution in [-0.2, 0) is 9.53 Å². The number of anilines is 1. The third-order valence-electron chi connectivity index (χ3n) is 3.10. The number of benzene rings is 2. The Morgan fingerprint density at radius 1 is 1.09 bits per heavy atom. The minimum atomic E-state index is -0.955. The van der Waals surface area contributed by atoms with E-state index in [2.05, 4.69) is 5.32 Å². The Labute approximate surface area is 139 Å². The molecule has 0 aliphatic heterocycles. The van der Waals surface area contributed by atoms with Crippen LogP contribution in [0.25, 0.3) is 0 Å². The highest BCUT2D eigenvalue weighted by atomic mass is 35.5. The lowest BCUT2D eigenvalue weighted by Crippen LogP contribution is -2.30. The predicted molar refractivity (Wildman–Crippen MR) is 88.0 cm³/mol. The zero-order chi connectivity index (χ0) is 16.8. The highest BCUT2D eigenvalue weighted by molar-refractivity contribution is 6.30. The zero-order valence-corrected chi connectivity index (χ0v) is 13.5. The SMILES string of the molecule is COc1ccccc1NC(=O)[C@@H](C)OC(=O)c1ccc(Cl)cc1. The van der Waals surface area contributed by atoms with Crippen LogP contribution in [0.3, 0.4) is 0 Å². The molecule has 0 saturated carbocycles. The lowest BCUT2D eigenvalue weighted by atomic mass is 10.2. The molecule has 0 aliphatic rings. The van der Waals surface area contributed by atoms with E-state index >= 15 is 0 Å². The van der Waals surface area contributed by atoms with Gasteiger partial charge >= 0.3 is 5.97 Å². The summed E-state index contributed by atoms with van der Waals surface area (Å²) in [5.41, 5.74) is 0.834. The molecule has 0 saturated heterocycles. The van der Waals surface area contributed by atoms with E-state index in [1.165, 1.54) is 26.2 Å². The molecule has 0 aromatic heterocycles. The van der Waals surface area contributed by atoms with Crippen LogP contribution in [0, 0.1) is 0 Å². The summed E-state index contributed by atoms with van der Waals surface area (Å²) in [6.07, 6.45) is -0.955. The predicted octanol–water partition coefficient (Wildman–Crippen LogP) is 3.53. The average Bonchev–Trinajstić information content (AvgIpc) is 2.55. The second-order valence-corrected chi connectivity index (χ2v) is 5.18. The normalized spacial score (nSPS) is 11.4. The lowest BCUT2D eigenvalue weighted by molar-refractivity contribution is -0.123. The van der Waals surface area contributed by atoms with Crippen LogP contribution in [0.15, 0.2) is 48.5 Å². The number of carbonyl (C=O) groups is 2. The Hall–Kier alpha value is -2.53. The summed E-state index contributed by atoms with van der Waals surface area (Å²) in [6, 6.07) is 13.2. The maximum atomic E-state index is 12.1. The molecule has 1 amide bonds. The lowest BCUT2D eigenvalue weighted by Gasteiger charge is -2.15. The van der Waals surface area contributed by atoms with Crippen LogP contribution >= 0.6 is 11.6 Å². The van der Waals surface area contributed by atoms with Crippen molar-refractivity contribution in [1.82, 2.24) is 0 Å². The Bertz CT molecular complexity index is 700. The molecular formula is C17H16ClNO4. The van der Waals surface area contributed by atoms with Crippen molar-refractivity contribution >= 4 is 29.2 Å². The third kappa shape index (κ3) is 4.47. The summed E-state index contributed by atoms with van der Waals surface area (Å²) in [4.78, 5) is 24.1. The standard InChI is InChI=1S/C17H16ClNO4/c1-11(23-17(21)12-7-9-13(18)10-8-12)16(20)19-14-5-3-4-6-15(14)22-2/h3-11H,1-2H3,(H,19,20)/t11-/m1/s1. The Morgan fingerprint density at radius 2 is 1.74 bits per heavy atom. The largest absolute Gasteiger partial charge is 0.495 e. The average molecular weight is 334 g/mol. The number of para-hydroxylation sites is 2. The second-order valence-electron chi connectivity index (χ2n) is 4.74. The van der Waals surface area contributed by atoms with Gasteiger partial charge in [-0.2, -0.15) is 0 Å². The number of amides is 1. The molecular weight excluding hydrogens is 318 g/mol. The van der Waals surface area contributed by atoms with Crippen LogP contribution in [0.5, 0.6) is 5.75 Å². The molecule has 0 bridgehead atoms. The van der Waals surface area contributed by atoms with E-state index in [1.54, 1.807) is 36.4 Å². The first-order valence-electron chi connectivity index (χ1n) is 6.91. The van der Waals surface area contributed by atoms with Crippen molar-refractivity contribution in [2.45, 2.75) is 13.0 Å².